The molecule has 0 aliphatic carbocycles. The van der Waals surface area contributed by atoms with Crippen molar-refractivity contribution in [1.82, 2.24) is 10.3 Å². The Morgan fingerprint density at radius 1 is 1.11 bits per heavy atom. The van der Waals surface area contributed by atoms with E-state index < -0.39 is 11.6 Å². The molecule has 3 aromatic rings. The van der Waals surface area contributed by atoms with Gasteiger partial charge in [0.25, 0.3) is 0 Å². The zero-order chi connectivity index (χ0) is 25.6. The van der Waals surface area contributed by atoms with Gasteiger partial charge >= 0.3 is 5.97 Å². The summed E-state index contributed by atoms with van der Waals surface area (Å²) in [6.07, 6.45) is 1.60. The van der Waals surface area contributed by atoms with Gasteiger partial charge in [0, 0.05) is 17.0 Å². The van der Waals surface area contributed by atoms with E-state index in [0.717, 1.165) is 29.7 Å². The van der Waals surface area contributed by atoms with E-state index in [0.29, 0.717) is 28.8 Å². The molecule has 7 heteroatoms. The quantitative estimate of drug-likeness (QED) is 0.299. The molecule has 1 atom stereocenters. The van der Waals surface area contributed by atoms with E-state index in [9.17, 15) is 14.7 Å². The van der Waals surface area contributed by atoms with E-state index in [-0.39, 0.29) is 11.8 Å². The Kier molecular flexibility index (Phi) is 8.81. The summed E-state index contributed by atoms with van der Waals surface area (Å²) >= 11 is 1.41. The molecule has 0 saturated carbocycles. The van der Waals surface area contributed by atoms with Crippen LogP contribution in [0.5, 0.6) is 5.75 Å². The number of aliphatic carboxylic acids is 1. The van der Waals surface area contributed by atoms with Gasteiger partial charge in [-0.1, -0.05) is 57.2 Å². The SMILES string of the molecule is CCC(NCCc1ccccc1C(=O)c1nc(C(C)C)cs1)c1ccc(OC(C)(C)C(=O)O)cc1. The second-order valence-electron chi connectivity index (χ2n) is 9.37. The molecular weight excluding hydrogens is 460 g/mol. The maximum atomic E-state index is 13.1. The number of nitrogens with one attached hydrogen (secondary N) is 1. The fourth-order valence-corrected chi connectivity index (χ4v) is 4.65. The number of aromatic nitrogens is 1. The molecule has 0 aliphatic heterocycles. The number of hydrogen-bond donors (Lipinski definition) is 2. The summed E-state index contributed by atoms with van der Waals surface area (Å²) < 4.78 is 5.60. The minimum absolute atomic E-state index is 0.0237. The normalized spacial score (nSPS) is 12.5. The predicted molar refractivity (Wildman–Crippen MR) is 140 cm³/mol. The molecule has 0 fully saturated rings. The first-order chi connectivity index (χ1) is 16.6. The summed E-state index contributed by atoms with van der Waals surface area (Å²) in [6.45, 7) is 10.0. The zero-order valence-corrected chi connectivity index (χ0v) is 21.8. The number of ether oxygens (including phenoxy) is 1. The Balaban J connectivity index is 1.64. The van der Waals surface area contributed by atoms with Gasteiger partial charge in [-0.05, 0) is 62.4 Å². The van der Waals surface area contributed by atoms with Gasteiger partial charge < -0.3 is 15.2 Å². The molecule has 3 rings (SSSR count). The lowest BCUT2D eigenvalue weighted by molar-refractivity contribution is -0.152. The Morgan fingerprint density at radius 3 is 2.40 bits per heavy atom. The van der Waals surface area contributed by atoms with Gasteiger partial charge in [-0.15, -0.1) is 11.3 Å². The van der Waals surface area contributed by atoms with Crippen LogP contribution in [0, 0.1) is 0 Å². The first-order valence-electron chi connectivity index (χ1n) is 12.0. The van der Waals surface area contributed by atoms with Crippen molar-refractivity contribution in [1.29, 1.82) is 0 Å². The van der Waals surface area contributed by atoms with Crippen molar-refractivity contribution < 1.29 is 19.4 Å². The van der Waals surface area contributed by atoms with Crippen molar-refractivity contribution in [2.75, 3.05) is 6.54 Å². The van der Waals surface area contributed by atoms with E-state index in [1.807, 2.05) is 41.8 Å². The Bertz CT molecular complexity index is 1150. The summed E-state index contributed by atoms with van der Waals surface area (Å²) in [6, 6.07) is 15.4. The molecule has 0 amide bonds. The first-order valence-corrected chi connectivity index (χ1v) is 12.8. The molecule has 186 valence electrons. The van der Waals surface area contributed by atoms with Crippen LogP contribution in [0.25, 0.3) is 0 Å². The average molecular weight is 495 g/mol. The maximum absolute atomic E-state index is 13.1. The molecule has 0 bridgehead atoms. The summed E-state index contributed by atoms with van der Waals surface area (Å²) in [5.74, 6) is -0.221. The van der Waals surface area contributed by atoms with E-state index in [2.05, 4.69) is 31.1 Å². The van der Waals surface area contributed by atoms with Crippen molar-refractivity contribution >= 4 is 23.1 Å². The number of nitrogens with zero attached hydrogens (tertiary/aromatic N) is 1. The number of hydrogen-bond acceptors (Lipinski definition) is 6. The highest BCUT2D eigenvalue weighted by Crippen LogP contribution is 2.24. The number of carboxylic acids is 1. The lowest BCUT2D eigenvalue weighted by atomic mass is 10.00. The van der Waals surface area contributed by atoms with Crippen LogP contribution in [0.2, 0.25) is 0 Å². The van der Waals surface area contributed by atoms with Gasteiger partial charge in [0.15, 0.2) is 10.6 Å². The van der Waals surface area contributed by atoms with Gasteiger partial charge in [-0.3, -0.25) is 4.79 Å². The average Bonchev–Trinajstić information content (AvgIpc) is 3.33. The fourth-order valence-electron chi connectivity index (χ4n) is 3.72. The van der Waals surface area contributed by atoms with E-state index in [4.69, 9.17) is 4.74 Å². The molecule has 0 aliphatic rings. The van der Waals surface area contributed by atoms with Gasteiger partial charge in [-0.25, -0.2) is 9.78 Å². The molecule has 1 heterocycles. The van der Waals surface area contributed by atoms with Crippen LogP contribution in [0.3, 0.4) is 0 Å². The van der Waals surface area contributed by atoms with Crippen LogP contribution >= 0.6 is 11.3 Å². The van der Waals surface area contributed by atoms with Crippen molar-refractivity contribution in [3.8, 4) is 5.75 Å². The monoisotopic (exact) mass is 494 g/mol. The van der Waals surface area contributed by atoms with Crippen molar-refractivity contribution in [3.05, 3.63) is 81.3 Å². The molecule has 6 nitrogen and oxygen atoms in total. The zero-order valence-electron chi connectivity index (χ0n) is 21.0. The molecule has 2 N–H and O–H groups in total. The predicted octanol–water partition coefficient (Wildman–Crippen LogP) is 6.02. The van der Waals surface area contributed by atoms with E-state index in [1.165, 1.54) is 25.2 Å². The second-order valence-corrected chi connectivity index (χ2v) is 10.2. The largest absolute Gasteiger partial charge is 0.478 e. The summed E-state index contributed by atoms with van der Waals surface area (Å²) in [5, 5.41) is 15.3. The number of thiazole rings is 1. The molecule has 0 saturated heterocycles. The lowest BCUT2D eigenvalue weighted by Gasteiger charge is -2.22. The molecule has 2 aromatic carbocycles. The van der Waals surface area contributed by atoms with Crippen LogP contribution in [0.4, 0.5) is 0 Å². The lowest BCUT2D eigenvalue weighted by Crippen LogP contribution is -2.37. The van der Waals surface area contributed by atoms with Crippen molar-refractivity contribution in [2.45, 2.75) is 65.0 Å². The number of carbonyl (C=O) groups is 2. The van der Waals surface area contributed by atoms with Crippen molar-refractivity contribution in [3.63, 3.8) is 0 Å². The van der Waals surface area contributed by atoms with Gasteiger partial charge in [-0.2, -0.15) is 0 Å². The van der Waals surface area contributed by atoms with Crippen LogP contribution in [0.15, 0.2) is 53.9 Å². The fraction of sp³-hybridized carbons (Fsp3) is 0.393. The Hall–Kier alpha value is -3.03. The number of carboxylic acid groups (broad SMARTS) is 1. The molecule has 1 unspecified atom stereocenters. The standard InChI is InChI=1S/C28H34N2O4S/c1-6-23(20-11-13-21(14-12-20)34-28(4,5)27(32)33)29-16-15-19-9-7-8-10-22(19)25(31)26-30-24(17-35-26)18(2)3/h7-14,17-18,23,29H,6,15-16H2,1-5H3,(H,32,33). The summed E-state index contributed by atoms with van der Waals surface area (Å²) in [5.41, 5.74) is 2.46. The highest BCUT2D eigenvalue weighted by atomic mass is 32.1. The first kappa shape index (κ1) is 26.6. The number of benzene rings is 2. The number of rotatable bonds is 12. The van der Waals surface area contributed by atoms with E-state index >= 15 is 0 Å². The van der Waals surface area contributed by atoms with Gasteiger partial charge in [0.1, 0.15) is 5.75 Å². The number of ketones is 1. The minimum atomic E-state index is -1.29. The topological polar surface area (TPSA) is 88.5 Å². The minimum Gasteiger partial charge on any atom is -0.478 e. The third-order valence-electron chi connectivity index (χ3n) is 5.93. The molecular formula is C28H34N2O4S. The molecule has 0 spiro atoms. The smallest absolute Gasteiger partial charge is 0.347 e. The number of carbonyl (C=O) groups excluding carboxylic acids is 1. The van der Waals surface area contributed by atoms with Gasteiger partial charge in [0.05, 0.1) is 5.69 Å². The highest BCUT2D eigenvalue weighted by molar-refractivity contribution is 7.12. The van der Waals surface area contributed by atoms with E-state index in [1.54, 1.807) is 12.1 Å². The summed E-state index contributed by atoms with van der Waals surface area (Å²) in [7, 11) is 0. The van der Waals surface area contributed by atoms with Gasteiger partial charge in [0.2, 0.25) is 5.78 Å². The van der Waals surface area contributed by atoms with Crippen LogP contribution < -0.4 is 10.1 Å². The van der Waals surface area contributed by atoms with Crippen molar-refractivity contribution in [2.24, 2.45) is 0 Å². The second kappa shape index (κ2) is 11.6. The maximum Gasteiger partial charge on any atom is 0.347 e. The van der Waals surface area contributed by atoms with Crippen LogP contribution in [-0.2, 0) is 11.2 Å². The molecule has 0 radical (unpaired) electrons. The summed E-state index contributed by atoms with van der Waals surface area (Å²) in [4.78, 5) is 29.0. The Labute approximate surface area is 211 Å². The Morgan fingerprint density at radius 2 is 1.80 bits per heavy atom. The van der Waals surface area contributed by atoms with Crippen LogP contribution in [-0.4, -0.2) is 34.0 Å². The molecule has 1 aromatic heterocycles. The third-order valence-corrected chi connectivity index (χ3v) is 6.79. The van der Waals surface area contributed by atoms with Crippen LogP contribution in [0.1, 0.15) is 85.2 Å². The molecule has 35 heavy (non-hydrogen) atoms. The third kappa shape index (κ3) is 6.77. The highest BCUT2D eigenvalue weighted by Gasteiger charge is 2.29.